The van der Waals surface area contributed by atoms with Gasteiger partial charge in [-0.05, 0) is 35.7 Å². The molecule has 0 saturated carbocycles. The van der Waals surface area contributed by atoms with E-state index in [0.29, 0.717) is 24.2 Å². The second-order valence-electron chi connectivity index (χ2n) is 7.75. The largest absolute Gasteiger partial charge is 0.350 e. The van der Waals surface area contributed by atoms with Crippen molar-refractivity contribution in [2.24, 2.45) is 10.9 Å². The molecule has 13 heteroatoms. The fourth-order valence-corrected chi connectivity index (χ4v) is 5.13. The second-order valence-corrected chi connectivity index (χ2v) is 10.5. The van der Waals surface area contributed by atoms with Gasteiger partial charge in [0.05, 0.1) is 4.90 Å². The summed E-state index contributed by atoms with van der Waals surface area (Å²) in [4.78, 5) is 24.6. The SMILES string of the molecule is N[C@@H](CC(=O)c1cc(CNC(=O)C2NCCS2)ccc1S(N)(=O)=O)Cc1cc(F)c(F)cc1F. The van der Waals surface area contributed by atoms with E-state index in [1.165, 1.54) is 23.9 Å². The Morgan fingerprint density at radius 1 is 1.15 bits per heavy atom. The zero-order valence-corrected chi connectivity index (χ0v) is 19.4. The lowest BCUT2D eigenvalue weighted by Crippen LogP contribution is -2.38. The highest BCUT2D eigenvalue weighted by Crippen LogP contribution is 2.21. The molecule has 184 valence electrons. The first kappa shape index (κ1) is 26.2. The van der Waals surface area contributed by atoms with Crippen LogP contribution in [-0.2, 0) is 27.8 Å². The molecule has 1 aliphatic rings. The number of sulfonamides is 1. The summed E-state index contributed by atoms with van der Waals surface area (Å²) >= 11 is 1.45. The minimum absolute atomic E-state index is 0.0366. The number of benzene rings is 2. The Labute approximate surface area is 198 Å². The molecule has 1 unspecified atom stereocenters. The number of amides is 1. The molecule has 0 bridgehead atoms. The third kappa shape index (κ3) is 6.57. The summed E-state index contributed by atoms with van der Waals surface area (Å²) in [7, 11) is -4.26. The molecule has 1 saturated heterocycles. The lowest BCUT2D eigenvalue weighted by atomic mass is 9.97. The molecule has 0 spiro atoms. The number of hydrogen-bond donors (Lipinski definition) is 4. The van der Waals surface area contributed by atoms with Crippen molar-refractivity contribution < 1.29 is 31.2 Å². The normalized spacial score (nSPS) is 16.9. The van der Waals surface area contributed by atoms with Gasteiger partial charge in [0.15, 0.2) is 17.4 Å². The Morgan fingerprint density at radius 2 is 1.85 bits per heavy atom. The van der Waals surface area contributed by atoms with E-state index >= 15 is 0 Å². The Morgan fingerprint density at radius 3 is 2.50 bits per heavy atom. The number of halogens is 3. The molecule has 2 aromatic rings. The van der Waals surface area contributed by atoms with Gasteiger partial charge in [0.1, 0.15) is 11.2 Å². The van der Waals surface area contributed by atoms with Crippen molar-refractivity contribution in [2.75, 3.05) is 12.3 Å². The maximum Gasteiger partial charge on any atom is 0.247 e. The van der Waals surface area contributed by atoms with E-state index in [1.807, 2.05) is 0 Å². The molecule has 3 rings (SSSR count). The van der Waals surface area contributed by atoms with Gasteiger partial charge in [0, 0.05) is 42.9 Å². The highest BCUT2D eigenvalue weighted by Gasteiger charge is 2.24. The van der Waals surface area contributed by atoms with E-state index < -0.39 is 50.6 Å². The first-order chi connectivity index (χ1) is 16.0. The molecule has 0 aliphatic carbocycles. The standard InChI is InChI=1S/C21H23F3N4O4S2/c22-15-9-17(24)16(23)7-12(15)6-13(25)8-18(29)14-5-11(1-2-19(14)34(26,31)32)10-28-20(30)21-27-3-4-33-21/h1-2,5,7,9,13,21,27H,3-4,6,8,10,25H2,(H,28,30)(H2,26,31,32)/t13-,21?/m1/s1. The molecule has 0 radical (unpaired) electrons. The van der Waals surface area contributed by atoms with Crippen molar-refractivity contribution in [2.45, 2.75) is 35.7 Å². The highest BCUT2D eigenvalue weighted by molar-refractivity contribution is 8.00. The monoisotopic (exact) mass is 516 g/mol. The van der Waals surface area contributed by atoms with Crippen LogP contribution in [-0.4, -0.2) is 43.8 Å². The average molecular weight is 517 g/mol. The summed E-state index contributed by atoms with van der Waals surface area (Å²) in [6, 6.07) is 3.90. The third-order valence-corrected chi connectivity index (χ3v) is 7.21. The summed E-state index contributed by atoms with van der Waals surface area (Å²) in [6.07, 6.45) is -0.708. The van der Waals surface area contributed by atoms with Crippen molar-refractivity contribution >= 4 is 33.5 Å². The number of nitrogens with one attached hydrogen (secondary N) is 2. The fraction of sp³-hybridized carbons (Fsp3) is 0.333. The average Bonchev–Trinajstić information content (AvgIpc) is 3.30. The number of carbonyl (C=O) groups excluding carboxylic acids is 2. The van der Waals surface area contributed by atoms with Gasteiger partial charge in [-0.3, -0.25) is 14.9 Å². The van der Waals surface area contributed by atoms with Crippen LogP contribution in [0.4, 0.5) is 13.2 Å². The first-order valence-electron chi connectivity index (χ1n) is 10.2. The summed E-state index contributed by atoms with van der Waals surface area (Å²) in [5, 5.41) is 10.6. The number of nitrogens with two attached hydrogens (primary N) is 2. The fourth-order valence-electron chi connectivity index (χ4n) is 3.45. The van der Waals surface area contributed by atoms with E-state index in [2.05, 4.69) is 10.6 Å². The van der Waals surface area contributed by atoms with Gasteiger partial charge in [0.25, 0.3) is 0 Å². The number of primary sulfonamides is 1. The molecule has 2 atom stereocenters. The number of hydrogen-bond acceptors (Lipinski definition) is 7. The Kier molecular flexibility index (Phi) is 8.36. The summed E-state index contributed by atoms with van der Waals surface area (Å²) in [5.74, 6) is -3.77. The first-order valence-corrected chi connectivity index (χ1v) is 12.8. The van der Waals surface area contributed by atoms with E-state index in [-0.39, 0.29) is 35.4 Å². The molecule has 8 nitrogen and oxygen atoms in total. The zero-order valence-electron chi connectivity index (χ0n) is 17.8. The lowest BCUT2D eigenvalue weighted by Gasteiger charge is -2.15. The van der Waals surface area contributed by atoms with E-state index in [1.54, 1.807) is 0 Å². The maximum absolute atomic E-state index is 13.9. The molecule has 1 heterocycles. The van der Waals surface area contributed by atoms with Gasteiger partial charge in [-0.15, -0.1) is 11.8 Å². The quantitative estimate of drug-likeness (QED) is 0.289. The van der Waals surface area contributed by atoms with Crippen LogP contribution in [0, 0.1) is 17.5 Å². The van der Waals surface area contributed by atoms with Crippen LogP contribution < -0.4 is 21.5 Å². The van der Waals surface area contributed by atoms with Crippen LogP contribution in [0.3, 0.4) is 0 Å². The van der Waals surface area contributed by atoms with Gasteiger partial charge < -0.3 is 11.1 Å². The van der Waals surface area contributed by atoms with Crippen LogP contribution in [0.5, 0.6) is 0 Å². The third-order valence-electron chi connectivity index (χ3n) is 5.09. The summed E-state index contributed by atoms with van der Waals surface area (Å²) in [6.45, 7) is 0.744. The Balaban J connectivity index is 1.75. The van der Waals surface area contributed by atoms with Crippen LogP contribution in [0.15, 0.2) is 35.2 Å². The highest BCUT2D eigenvalue weighted by atomic mass is 32.2. The van der Waals surface area contributed by atoms with Crippen LogP contribution in [0.2, 0.25) is 0 Å². The maximum atomic E-state index is 13.9. The molecular weight excluding hydrogens is 493 g/mol. The van der Waals surface area contributed by atoms with Crippen LogP contribution >= 0.6 is 11.8 Å². The van der Waals surface area contributed by atoms with Gasteiger partial charge in [-0.25, -0.2) is 26.7 Å². The number of carbonyl (C=O) groups is 2. The van der Waals surface area contributed by atoms with E-state index in [4.69, 9.17) is 10.9 Å². The second kappa shape index (κ2) is 10.9. The molecule has 1 fully saturated rings. The minimum Gasteiger partial charge on any atom is -0.350 e. The van der Waals surface area contributed by atoms with Crippen molar-refractivity contribution in [3.8, 4) is 0 Å². The molecule has 0 aromatic heterocycles. The molecule has 2 aromatic carbocycles. The summed E-state index contributed by atoms with van der Waals surface area (Å²) in [5.41, 5.74) is 5.91. The molecular formula is C21H23F3N4O4S2. The Hall–Kier alpha value is -2.45. The van der Waals surface area contributed by atoms with Gasteiger partial charge in [0.2, 0.25) is 15.9 Å². The molecule has 1 aliphatic heterocycles. The van der Waals surface area contributed by atoms with E-state index in [0.717, 1.165) is 11.8 Å². The predicted octanol–water partition coefficient (Wildman–Crippen LogP) is 1.17. The minimum atomic E-state index is -4.26. The smallest absolute Gasteiger partial charge is 0.247 e. The number of Topliss-reactive ketones (excluding diaryl/α,β-unsaturated/α-hetero) is 1. The predicted molar refractivity (Wildman–Crippen MR) is 121 cm³/mol. The lowest BCUT2D eigenvalue weighted by molar-refractivity contribution is -0.121. The molecule has 6 N–H and O–H groups in total. The van der Waals surface area contributed by atoms with Crippen molar-refractivity contribution in [3.63, 3.8) is 0 Å². The van der Waals surface area contributed by atoms with Crippen molar-refractivity contribution in [1.82, 2.24) is 10.6 Å². The van der Waals surface area contributed by atoms with Crippen molar-refractivity contribution in [3.05, 3.63) is 64.5 Å². The number of rotatable bonds is 9. The van der Waals surface area contributed by atoms with E-state index in [9.17, 15) is 31.2 Å². The summed E-state index contributed by atoms with van der Waals surface area (Å²) < 4.78 is 64.4. The van der Waals surface area contributed by atoms with Crippen LogP contribution in [0.25, 0.3) is 0 Å². The molecule has 34 heavy (non-hydrogen) atoms. The zero-order chi connectivity index (χ0) is 25.0. The van der Waals surface area contributed by atoms with Crippen molar-refractivity contribution in [1.29, 1.82) is 0 Å². The number of ketones is 1. The van der Waals surface area contributed by atoms with Gasteiger partial charge in [-0.1, -0.05) is 6.07 Å². The van der Waals surface area contributed by atoms with Gasteiger partial charge >= 0.3 is 0 Å². The Bertz CT molecular complexity index is 1200. The van der Waals surface area contributed by atoms with Crippen LogP contribution in [0.1, 0.15) is 27.9 Å². The number of thioether (sulfide) groups is 1. The topological polar surface area (TPSA) is 144 Å². The van der Waals surface area contributed by atoms with Gasteiger partial charge in [-0.2, -0.15) is 0 Å². The molecule has 1 amide bonds.